The van der Waals surface area contributed by atoms with Gasteiger partial charge in [0.15, 0.2) is 0 Å². The van der Waals surface area contributed by atoms with Gasteiger partial charge in [-0.2, -0.15) is 0 Å². The van der Waals surface area contributed by atoms with Gasteiger partial charge in [-0.1, -0.05) is 12.6 Å². The molecule has 0 aliphatic heterocycles. The van der Waals surface area contributed by atoms with Crippen molar-refractivity contribution in [3.8, 4) is 0 Å². The van der Waals surface area contributed by atoms with E-state index in [0.717, 1.165) is 10.5 Å². The van der Waals surface area contributed by atoms with Gasteiger partial charge in [-0.15, -0.1) is 11.3 Å². The lowest BCUT2D eigenvalue weighted by Crippen LogP contribution is -2.44. The highest BCUT2D eigenvalue weighted by molar-refractivity contribution is 7.84. The topological polar surface area (TPSA) is 55.4 Å². The van der Waals surface area contributed by atoms with Gasteiger partial charge in [0.1, 0.15) is 6.04 Å². The van der Waals surface area contributed by atoms with Crippen molar-refractivity contribution in [3.05, 3.63) is 29.0 Å². The number of ether oxygens (including phenoxy) is 1. The molecule has 0 aliphatic rings. The molecule has 0 saturated heterocycles. The fourth-order valence-corrected chi connectivity index (χ4v) is 3.05. The third kappa shape index (κ3) is 5.73. The predicted octanol–water partition coefficient (Wildman–Crippen LogP) is 3.13. The average Bonchev–Trinajstić information content (AvgIpc) is 2.90. The fourth-order valence-electron chi connectivity index (χ4n) is 1.55. The molecule has 0 bridgehead atoms. The van der Waals surface area contributed by atoms with Crippen LogP contribution in [0.25, 0.3) is 5.57 Å². The molecule has 1 aromatic rings. The van der Waals surface area contributed by atoms with Gasteiger partial charge in [-0.25, -0.2) is 8.93 Å². The number of nitrogens with one attached hydrogen (secondary N) is 1. The van der Waals surface area contributed by atoms with Crippen LogP contribution in [0.2, 0.25) is 0 Å². The predicted molar refractivity (Wildman–Crippen MR) is 89.4 cm³/mol. The van der Waals surface area contributed by atoms with Crippen molar-refractivity contribution in [1.82, 2.24) is 4.72 Å². The number of esters is 1. The molecule has 21 heavy (non-hydrogen) atoms. The second-order valence-electron chi connectivity index (χ2n) is 5.59. The van der Waals surface area contributed by atoms with Crippen LogP contribution in [0.15, 0.2) is 24.1 Å². The van der Waals surface area contributed by atoms with E-state index in [1.165, 1.54) is 0 Å². The Labute approximate surface area is 133 Å². The van der Waals surface area contributed by atoms with Crippen LogP contribution in [0.4, 0.5) is 0 Å². The van der Waals surface area contributed by atoms with E-state index in [9.17, 15) is 9.00 Å². The largest absolute Gasteiger partial charge is 0.465 e. The number of hydrogen-bond acceptors (Lipinski definition) is 4. The van der Waals surface area contributed by atoms with E-state index >= 15 is 0 Å². The molecule has 1 heterocycles. The molecule has 0 saturated carbocycles. The molecule has 0 aromatic carbocycles. The molecule has 0 amide bonds. The molecule has 1 unspecified atom stereocenters. The van der Waals surface area contributed by atoms with E-state index < -0.39 is 27.7 Å². The third-order valence-corrected chi connectivity index (χ3v) is 5.28. The first-order valence-corrected chi connectivity index (χ1v) is 8.85. The van der Waals surface area contributed by atoms with Crippen molar-refractivity contribution in [2.75, 3.05) is 6.61 Å². The van der Waals surface area contributed by atoms with E-state index in [-0.39, 0.29) is 0 Å². The SMILES string of the molecule is C=C(C[C@@H](NS(=O)C(C)(C)C)C(=O)OCC)c1cccs1. The van der Waals surface area contributed by atoms with Gasteiger partial charge in [-0.05, 0) is 44.7 Å². The molecule has 0 radical (unpaired) electrons. The zero-order valence-electron chi connectivity index (χ0n) is 13.0. The maximum absolute atomic E-state index is 12.2. The Hall–Kier alpha value is -0.980. The first-order chi connectivity index (χ1) is 9.75. The number of carbonyl (C=O) groups excluding carboxylic acids is 1. The minimum Gasteiger partial charge on any atom is -0.465 e. The Kier molecular flexibility index (Phi) is 6.77. The maximum Gasteiger partial charge on any atom is 0.324 e. The van der Waals surface area contributed by atoms with E-state index in [1.54, 1.807) is 18.3 Å². The van der Waals surface area contributed by atoms with Crippen molar-refractivity contribution in [1.29, 1.82) is 0 Å². The lowest BCUT2D eigenvalue weighted by Gasteiger charge is -2.23. The normalized spacial score (nSPS) is 14.5. The van der Waals surface area contributed by atoms with Gasteiger partial charge >= 0.3 is 5.97 Å². The lowest BCUT2D eigenvalue weighted by atomic mass is 10.1. The van der Waals surface area contributed by atoms with Crippen LogP contribution in [0.5, 0.6) is 0 Å². The minimum absolute atomic E-state index is 0.296. The van der Waals surface area contributed by atoms with E-state index in [2.05, 4.69) is 11.3 Å². The van der Waals surface area contributed by atoms with Crippen molar-refractivity contribution in [2.45, 2.75) is 44.9 Å². The summed E-state index contributed by atoms with van der Waals surface area (Å²) in [5, 5.41) is 1.96. The number of hydrogen-bond donors (Lipinski definition) is 1. The molecule has 1 aromatic heterocycles. The van der Waals surface area contributed by atoms with Crippen molar-refractivity contribution < 1.29 is 13.7 Å². The second-order valence-corrected chi connectivity index (χ2v) is 8.53. The molecule has 0 spiro atoms. The van der Waals surface area contributed by atoms with Crippen LogP contribution in [-0.4, -0.2) is 27.6 Å². The Morgan fingerprint density at radius 3 is 2.67 bits per heavy atom. The summed E-state index contributed by atoms with van der Waals surface area (Å²) in [6.07, 6.45) is 0.376. The Morgan fingerprint density at radius 2 is 2.19 bits per heavy atom. The second kappa shape index (κ2) is 7.87. The van der Waals surface area contributed by atoms with Crippen LogP contribution in [-0.2, 0) is 20.5 Å². The fraction of sp³-hybridized carbons (Fsp3) is 0.533. The van der Waals surface area contributed by atoms with Crippen molar-refractivity contribution in [3.63, 3.8) is 0 Å². The van der Waals surface area contributed by atoms with Crippen LogP contribution >= 0.6 is 11.3 Å². The molecule has 1 N–H and O–H groups in total. The van der Waals surface area contributed by atoms with Gasteiger partial charge in [-0.3, -0.25) is 4.79 Å². The van der Waals surface area contributed by atoms with Crippen LogP contribution in [0.3, 0.4) is 0 Å². The maximum atomic E-state index is 12.2. The minimum atomic E-state index is -1.34. The van der Waals surface area contributed by atoms with E-state index in [1.807, 2.05) is 38.3 Å². The van der Waals surface area contributed by atoms with Gasteiger partial charge in [0.05, 0.1) is 22.3 Å². The molecule has 0 fully saturated rings. The van der Waals surface area contributed by atoms with E-state index in [0.29, 0.717) is 13.0 Å². The van der Waals surface area contributed by atoms with Gasteiger partial charge < -0.3 is 4.74 Å². The molecule has 0 aliphatic carbocycles. The summed E-state index contributed by atoms with van der Waals surface area (Å²) >= 11 is 1.57. The number of carbonyl (C=O) groups is 1. The molecule has 2 atom stereocenters. The van der Waals surface area contributed by atoms with Crippen molar-refractivity contribution in [2.24, 2.45) is 0 Å². The first kappa shape index (κ1) is 18.1. The number of thiophene rings is 1. The molecule has 118 valence electrons. The summed E-state index contributed by atoms with van der Waals surface area (Å²) < 4.78 is 19.7. The highest BCUT2D eigenvalue weighted by Gasteiger charge is 2.28. The van der Waals surface area contributed by atoms with Gasteiger partial charge in [0.2, 0.25) is 0 Å². The summed E-state index contributed by atoms with van der Waals surface area (Å²) in [7, 11) is -1.34. The monoisotopic (exact) mass is 329 g/mol. The third-order valence-electron chi connectivity index (χ3n) is 2.70. The van der Waals surface area contributed by atoms with Crippen LogP contribution in [0.1, 0.15) is 39.0 Å². The Morgan fingerprint density at radius 1 is 1.52 bits per heavy atom. The molecule has 1 rings (SSSR count). The van der Waals surface area contributed by atoms with Gasteiger partial charge in [0, 0.05) is 11.3 Å². The summed E-state index contributed by atoms with van der Waals surface area (Å²) in [6, 6.07) is 3.24. The van der Waals surface area contributed by atoms with Crippen LogP contribution in [0, 0.1) is 0 Å². The Balaban J connectivity index is 2.80. The Bertz CT molecular complexity index is 503. The zero-order chi connectivity index (χ0) is 16.0. The molecular weight excluding hydrogens is 306 g/mol. The number of rotatable bonds is 7. The quantitative estimate of drug-likeness (QED) is 0.782. The highest BCUT2D eigenvalue weighted by Crippen LogP contribution is 2.23. The molecular formula is C15H23NO3S2. The standard InChI is InChI=1S/C15H23NO3S2/c1-6-19-14(17)12(16-21(18)15(3,4)5)10-11(2)13-8-7-9-20-13/h7-9,12,16H,2,6,10H2,1,3-5H3/t12-,21?/m1/s1. The molecule has 4 nitrogen and oxygen atoms in total. The lowest BCUT2D eigenvalue weighted by molar-refractivity contribution is -0.144. The zero-order valence-corrected chi connectivity index (χ0v) is 14.6. The smallest absolute Gasteiger partial charge is 0.324 e. The summed E-state index contributed by atoms with van der Waals surface area (Å²) in [5.41, 5.74) is 0.835. The van der Waals surface area contributed by atoms with Crippen molar-refractivity contribution >= 4 is 33.9 Å². The summed E-state index contributed by atoms with van der Waals surface area (Å²) in [4.78, 5) is 13.1. The summed E-state index contributed by atoms with van der Waals surface area (Å²) in [5.74, 6) is -0.396. The van der Waals surface area contributed by atoms with Crippen LogP contribution < -0.4 is 4.72 Å². The van der Waals surface area contributed by atoms with E-state index in [4.69, 9.17) is 4.74 Å². The summed E-state index contributed by atoms with van der Waals surface area (Å²) in [6.45, 7) is 11.6. The van der Waals surface area contributed by atoms with Gasteiger partial charge in [0.25, 0.3) is 0 Å². The average molecular weight is 329 g/mol. The first-order valence-electron chi connectivity index (χ1n) is 6.82. The highest BCUT2D eigenvalue weighted by atomic mass is 32.2. The molecule has 6 heteroatoms.